The summed E-state index contributed by atoms with van der Waals surface area (Å²) in [6.45, 7) is 3.91. The molecule has 1 saturated heterocycles. The summed E-state index contributed by atoms with van der Waals surface area (Å²) in [6.07, 6.45) is 4.40. The number of nitrogen functional groups attached to an aromatic ring is 1. The fourth-order valence-corrected chi connectivity index (χ4v) is 5.65. The van der Waals surface area contributed by atoms with Crippen LogP contribution in [0.25, 0.3) is 22.2 Å². The first-order valence-corrected chi connectivity index (χ1v) is 12.8. The van der Waals surface area contributed by atoms with Crippen molar-refractivity contribution in [1.82, 2.24) is 20.3 Å². The summed E-state index contributed by atoms with van der Waals surface area (Å²) in [4.78, 5) is 13.5. The van der Waals surface area contributed by atoms with Gasteiger partial charge in [0.25, 0.3) is 0 Å². The normalized spacial score (nSPS) is 16.4. The molecule has 0 spiro atoms. The molecule has 0 radical (unpaired) electrons. The maximum absolute atomic E-state index is 6.71. The Hall–Kier alpha value is -1.97. The van der Waals surface area contributed by atoms with Crippen LogP contribution in [0.2, 0.25) is 5.02 Å². The highest BCUT2D eigenvalue weighted by Gasteiger charge is 2.21. The monoisotopic (exact) mass is 485 g/mol. The minimum absolute atomic E-state index is 0.212. The van der Waals surface area contributed by atoms with Gasteiger partial charge >= 0.3 is 0 Å². The van der Waals surface area contributed by atoms with Crippen LogP contribution in [0, 0.1) is 0 Å². The molecule has 5 rings (SSSR count). The van der Waals surface area contributed by atoms with Gasteiger partial charge < -0.3 is 20.5 Å². The van der Waals surface area contributed by atoms with Crippen LogP contribution in [0.15, 0.2) is 29.4 Å². The van der Waals surface area contributed by atoms with E-state index in [0.717, 1.165) is 73.3 Å². The molecule has 3 aromatic rings. The Labute approximate surface area is 202 Å². The van der Waals surface area contributed by atoms with Gasteiger partial charge in [-0.05, 0) is 60.2 Å². The number of rotatable bonds is 8. The van der Waals surface area contributed by atoms with E-state index in [1.807, 2.05) is 12.1 Å². The van der Waals surface area contributed by atoms with Crippen molar-refractivity contribution in [2.45, 2.75) is 50.1 Å². The van der Waals surface area contributed by atoms with Gasteiger partial charge in [0, 0.05) is 30.6 Å². The molecule has 7 nitrogen and oxygen atoms in total. The van der Waals surface area contributed by atoms with Crippen LogP contribution in [0.1, 0.15) is 36.8 Å². The van der Waals surface area contributed by atoms with Crippen molar-refractivity contribution in [3.63, 3.8) is 0 Å². The third-order valence-corrected chi connectivity index (χ3v) is 7.34. The number of nitrogens with two attached hydrogens (primary N) is 1. The molecule has 1 aromatic heterocycles. The zero-order chi connectivity index (χ0) is 22.6. The predicted molar refractivity (Wildman–Crippen MR) is 132 cm³/mol. The Morgan fingerprint density at radius 3 is 2.79 bits per heavy atom. The maximum atomic E-state index is 6.71. The third-order valence-electron chi connectivity index (χ3n) is 6.11. The molecule has 2 aromatic carbocycles. The molecule has 9 heteroatoms. The van der Waals surface area contributed by atoms with Gasteiger partial charge in [-0.1, -0.05) is 41.6 Å². The van der Waals surface area contributed by atoms with E-state index in [2.05, 4.69) is 27.4 Å². The van der Waals surface area contributed by atoms with Crippen molar-refractivity contribution in [2.75, 3.05) is 31.2 Å². The van der Waals surface area contributed by atoms with E-state index >= 15 is 0 Å². The summed E-state index contributed by atoms with van der Waals surface area (Å²) in [5, 5.41) is 7.06. The number of ether oxygens (including phenoxy) is 2. The number of thioether (sulfide) groups is 1. The summed E-state index contributed by atoms with van der Waals surface area (Å²) in [7, 11) is 0. The van der Waals surface area contributed by atoms with E-state index in [0.29, 0.717) is 35.3 Å². The maximum Gasteiger partial charge on any atom is 0.224 e. The molecule has 0 bridgehead atoms. The highest BCUT2D eigenvalue weighted by Crippen LogP contribution is 2.39. The lowest BCUT2D eigenvalue weighted by molar-refractivity contribution is 0.0780. The van der Waals surface area contributed by atoms with E-state index < -0.39 is 0 Å². The summed E-state index contributed by atoms with van der Waals surface area (Å²) in [5.74, 6) is 1.66. The predicted octanol–water partition coefficient (Wildman–Crippen LogP) is 4.60. The van der Waals surface area contributed by atoms with Gasteiger partial charge in [-0.15, -0.1) is 0 Å². The van der Waals surface area contributed by atoms with E-state index in [1.165, 1.54) is 5.39 Å². The molecule has 0 unspecified atom stereocenters. The van der Waals surface area contributed by atoms with Gasteiger partial charge in [0.1, 0.15) is 0 Å². The first kappa shape index (κ1) is 22.8. The Kier molecular flexibility index (Phi) is 7.27. The van der Waals surface area contributed by atoms with Crippen LogP contribution in [0.5, 0.6) is 0 Å². The van der Waals surface area contributed by atoms with Gasteiger partial charge in [-0.25, -0.2) is 4.98 Å². The van der Waals surface area contributed by atoms with E-state index in [9.17, 15) is 0 Å². The zero-order valence-corrected chi connectivity index (χ0v) is 20.1. The van der Waals surface area contributed by atoms with Crippen LogP contribution in [-0.2, 0) is 22.7 Å². The Morgan fingerprint density at radius 2 is 1.91 bits per heavy atom. The first-order valence-electron chi connectivity index (χ1n) is 11.5. The molecule has 0 amide bonds. The van der Waals surface area contributed by atoms with Crippen molar-refractivity contribution in [3.05, 3.63) is 40.4 Å². The molecule has 2 aliphatic heterocycles. The van der Waals surface area contributed by atoms with Crippen molar-refractivity contribution < 1.29 is 9.47 Å². The zero-order valence-electron chi connectivity index (χ0n) is 18.5. The van der Waals surface area contributed by atoms with Crippen LogP contribution in [0.4, 0.5) is 5.95 Å². The smallest absolute Gasteiger partial charge is 0.224 e. The number of nitrogens with zero attached hydrogens (tertiary/aromatic N) is 3. The number of anilines is 1. The van der Waals surface area contributed by atoms with Crippen LogP contribution >= 0.6 is 23.4 Å². The number of unbranched alkanes of at least 4 members (excludes halogenated alkanes) is 1. The average molecular weight is 486 g/mol. The molecule has 3 N–H and O–H groups in total. The topological polar surface area (TPSA) is 95.2 Å². The second kappa shape index (κ2) is 10.5. The molecule has 0 atom stereocenters. The van der Waals surface area contributed by atoms with Crippen LogP contribution < -0.4 is 11.1 Å². The standard InChI is InChI=1S/C24H28ClN5O2S/c25-19-12-16-14-32-13-15-4-3-5-18(20(15)16)21(19)22-28-23(26)30-24(29-22)33-11-2-1-8-27-17-6-9-31-10-7-17/h3-5,12,17,27H,1-2,6-11,13-14H2,(H2,26,28,29,30). The third kappa shape index (κ3) is 5.25. The number of benzene rings is 2. The van der Waals surface area contributed by atoms with Gasteiger partial charge in [-0.3, -0.25) is 0 Å². The summed E-state index contributed by atoms with van der Waals surface area (Å²) >= 11 is 8.32. The molecule has 33 heavy (non-hydrogen) atoms. The molecule has 2 aliphatic rings. The molecule has 0 saturated carbocycles. The molecule has 3 heterocycles. The van der Waals surface area contributed by atoms with Crippen LogP contribution in [0.3, 0.4) is 0 Å². The highest BCUT2D eigenvalue weighted by atomic mass is 35.5. The number of hydrogen-bond donors (Lipinski definition) is 2. The quantitative estimate of drug-likeness (QED) is 0.353. The minimum Gasteiger partial charge on any atom is -0.381 e. The molecule has 174 valence electrons. The van der Waals surface area contributed by atoms with Gasteiger partial charge in [0.05, 0.1) is 18.2 Å². The second-order valence-corrected chi connectivity index (χ2v) is 9.89. The fourth-order valence-electron chi connectivity index (χ4n) is 4.49. The van der Waals surface area contributed by atoms with Crippen molar-refractivity contribution >= 4 is 40.1 Å². The van der Waals surface area contributed by atoms with Crippen molar-refractivity contribution in [3.8, 4) is 11.4 Å². The number of halogens is 1. The van der Waals surface area contributed by atoms with Gasteiger partial charge in [-0.2, -0.15) is 9.97 Å². The van der Waals surface area contributed by atoms with E-state index in [-0.39, 0.29) is 5.95 Å². The molecule has 0 aliphatic carbocycles. The fraction of sp³-hybridized carbons (Fsp3) is 0.458. The summed E-state index contributed by atoms with van der Waals surface area (Å²) in [6, 6.07) is 8.72. The van der Waals surface area contributed by atoms with Crippen molar-refractivity contribution in [2.24, 2.45) is 0 Å². The number of nitrogens with one attached hydrogen (secondary N) is 1. The lowest BCUT2D eigenvalue weighted by Gasteiger charge is -2.23. The summed E-state index contributed by atoms with van der Waals surface area (Å²) < 4.78 is 11.1. The first-order chi connectivity index (χ1) is 16.2. The second-order valence-electron chi connectivity index (χ2n) is 8.42. The number of hydrogen-bond acceptors (Lipinski definition) is 8. The SMILES string of the molecule is Nc1nc(SCCCCNC2CCOCC2)nc(-c2c(Cl)cc3c4c(cccc24)COC3)n1. The average Bonchev–Trinajstić information content (AvgIpc) is 2.82. The van der Waals surface area contributed by atoms with E-state index in [1.54, 1.807) is 11.8 Å². The highest BCUT2D eigenvalue weighted by molar-refractivity contribution is 7.99. The Balaban J connectivity index is 1.28. The summed E-state index contributed by atoms with van der Waals surface area (Å²) in [5.41, 5.74) is 9.11. The molecular formula is C24H28ClN5O2S. The van der Waals surface area contributed by atoms with Crippen molar-refractivity contribution in [1.29, 1.82) is 0 Å². The number of aromatic nitrogens is 3. The Morgan fingerprint density at radius 1 is 1.06 bits per heavy atom. The van der Waals surface area contributed by atoms with Crippen LogP contribution in [-0.4, -0.2) is 46.5 Å². The van der Waals surface area contributed by atoms with Gasteiger partial charge in [0.15, 0.2) is 11.0 Å². The van der Waals surface area contributed by atoms with Gasteiger partial charge in [0.2, 0.25) is 5.95 Å². The lowest BCUT2D eigenvalue weighted by Crippen LogP contribution is -2.35. The Bertz CT molecular complexity index is 1140. The molecular weight excluding hydrogens is 458 g/mol. The minimum atomic E-state index is 0.212. The largest absolute Gasteiger partial charge is 0.381 e. The molecule has 1 fully saturated rings. The van der Waals surface area contributed by atoms with E-state index in [4.69, 9.17) is 31.8 Å². The lowest BCUT2D eigenvalue weighted by atomic mass is 9.94.